The standard InChI is InChI=1S/C32H36BrN3O5/c1-36(2)16-14-25(15-17-36)41-32(39)35-28-18-22(12-13-26(28)23-9-5-4-6-10-23)8-7-11-31(38)34-29-20-30(40-3)24(21-37)19-27(29)33/h4-6,9-10,12-13,18-21,25H,7-8,11,14-17H2,1-3H3,(H-,34,35,37,38,39)/p+1. The van der Waals surface area contributed by atoms with Gasteiger partial charge in [0.1, 0.15) is 11.9 Å². The molecule has 0 aliphatic carbocycles. The van der Waals surface area contributed by atoms with Crippen molar-refractivity contribution in [1.82, 2.24) is 0 Å². The Bertz CT molecular complexity index is 1380. The van der Waals surface area contributed by atoms with Gasteiger partial charge >= 0.3 is 6.09 Å². The highest BCUT2D eigenvalue weighted by Gasteiger charge is 2.28. The first kappa shape index (κ1) is 30.3. The minimum Gasteiger partial charge on any atom is -0.496 e. The van der Waals surface area contributed by atoms with Gasteiger partial charge in [0.05, 0.1) is 51.2 Å². The molecular weight excluding hydrogens is 586 g/mol. The Morgan fingerprint density at radius 1 is 1.00 bits per heavy atom. The van der Waals surface area contributed by atoms with Gasteiger partial charge in [-0.15, -0.1) is 0 Å². The van der Waals surface area contributed by atoms with Gasteiger partial charge in [0.25, 0.3) is 0 Å². The molecule has 3 aromatic carbocycles. The number of aryl methyl sites for hydroxylation is 1. The maximum atomic E-state index is 12.9. The van der Waals surface area contributed by atoms with Crippen molar-refractivity contribution in [3.05, 3.63) is 76.3 Å². The Balaban J connectivity index is 1.40. The van der Waals surface area contributed by atoms with Crippen molar-refractivity contribution >= 4 is 45.6 Å². The highest BCUT2D eigenvalue weighted by molar-refractivity contribution is 9.10. The van der Waals surface area contributed by atoms with Crippen molar-refractivity contribution in [3.63, 3.8) is 0 Å². The van der Waals surface area contributed by atoms with E-state index in [-0.39, 0.29) is 12.0 Å². The van der Waals surface area contributed by atoms with Crippen LogP contribution in [0.2, 0.25) is 0 Å². The maximum Gasteiger partial charge on any atom is 0.411 e. The Labute approximate surface area is 249 Å². The topological polar surface area (TPSA) is 93.7 Å². The molecule has 216 valence electrons. The fourth-order valence-electron chi connectivity index (χ4n) is 4.97. The number of quaternary nitrogens is 1. The summed E-state index contributed by atoms with van der Waals surface area (Å²) in [4.78, 5) is 36.8. The van der Waals surface area contributed by atoms with Crippen LogP contribution in [0.1, 0.15) is 41.6 Å². The van der Waals surface area contributed by atoms with E-state index in [2.05, 4.69) is 40.7 Å². The fraction of sp³-hybridized carbons (Fsp3) is 0.344. The molecule has 0 saturated carbocycles. The second-order valence-corrected chi connectivity index (χ2v) is 11.8. The van der Waals surface area contributed by atoms with Gasteiger partial charge in [-0.1, -0.05) is 42.5 Å². The number of nitrogens with one attached hydrogen (secondary N) is 2. The number of anilines is 2. The molecule has 1 fully saturated rings. The van der Waals surface area contributed by atoms with Crippen molar-refractivity contribution in [1.29, 1.82) is 0 Å². The summed E-state index contributed by atoms with van der Waals surface area (Å²) >= 11 is 3.40. The molecule has 2 N–H and O–H groups in total. The Hall–Kier alpha value is -3.69. The average Bonchev–Trinajstić information content (AvgIpc) is 2.95. The number of hydrogen-bond donors (Lipinski definition) is 2. The van der Waals surface area contributed by atoms with Gasteiger partial charge in [-0.2, -0.15) is 0 Å². The predicted octanol–water partition coefficient (Wildman–Crippen LogP) is 6.69. The summed E-state index contributed by atoms with van der Waals surface area (Å²) in [5, 5.41) is 5.87. The quantitative estimate of drug-likeness (QED) is 0.194. The van der Waals surface area contributed by atoms with E-state index in [1.165, 1.54) is 7.11 Å². The fourth-order valence-corrected chi connectivity index (χ4v) is 5.43. The third-order valence-electron chi connectivity index (χ3n) is 7.38. The first-order chi connectivity index (χ1) is 19.7. The number of piperidine rings is 1. The smallest absolute Gasteiger partial charge is 0.411 e. The van der Waals surface area contributed by atoms with E-state index in [1.54, 1.807) is 12.1 Å². The number of likely N-dealkylation sites (tertiary alicyclic amines) is 1. The Kier molecular flexibility index (Phi) is 10.2. The van der Waals surface area contributed by atoms with Crippen LogP contribution in [0.25, 0.3) is 11.1 Å². The highest BCUT2D eigenvalue weighted by Crippen LogP contribution is 2.32. The SMILES string of the molecule is COc1cc(NC(=O)CCCc2ccc(-c3ccccc3)c(NC(=O)OC3CC[N+](C)(C)CC3)c2)c(Br)cc1C=O. The summed E-state index contributed by atoms with van der Waals surface area (Å²) in [7, 11) is 5.86. The molecule has 3 aromatic rings. The molecule has 0 radical (unpaired) electrons. The largest absolute Gasteiger partial charge is 0.496 e. The predicted molar refractivity (Wildman–Crippen MR) is 164 cm³/mol. The third kappa shape index (κ3) is 8.41. The summed E-state index contributed by atoms with van der Waals surface area (Å²) in [5.74, 6) is 0.241. The van der Waals surface area contributed by atoms with Gasteiger partial charge in [-0.05, 0) is 52.0 Å². The van der Waals surface area contributed by atoms with Crippen LogP contribution in [0.15, 0.2) is 65.1 Å². The van der Waals surface area contributed by atoms with Crippen LogP contribution in [-0.2, 0) is 16.0 Å². The van der Waals surface area contributed by atoms with E-state index in [0.29, 0.717) is 52.7 Å². The first-order valence-corrected chi connectivity index (χ1v) is 14.6. The van der Waals surface area contributed by atoms with Gasteiger partial charge in [0.2, 0.25) is 5.91 Å². The third-order valence-corrected chi connectivity index (χ3v) is 8.04. The molecule has 1 saturated heterocycles. The lowest BCUT2D eigenvalue weighted by Crippen LogP contribution is -2.48. The lowest BCUT2D eigenvalue weighted by atomic mass is 9.99. The van der Waals surface area contributed by atoms with Crippen LogP contribution in [0.3, 0.4) is 0 Å². The molecule has 1 heterocycles. The maximum absolute atomic E-state index is 12.9. The number of rotatable bonds is 10. The number of aldehydes is 1. The minimum atomic E-state index is -0.447. The van der Waals surface area contributed by atoms with E-state index < -0.39 is 6.09 Å². The summed E-state index contributed by atoms with van der Waals surface area (Å²) in [6.45, 7) is 1.95. The number of carbonyl (C=O) groups excluding carboxylic acids is 3. The zero-order valence-electron chi connectivity index (χ0n) is 23.7. The normalized spacial score (nSPS) is 14.6. The number of carbonyl (C=O) groups is 3. The molecule has 0 unspecified atom stereocenters. The van der Waals surface area contributed by atoms with E-state index in [1.807, 2.05) is 48.5 Å². The summed E-state index contributed by atoms with van der Waals surface area (Å²) < 4.78 is 12.6. The van der Waals surface area contributed by atoms with Crippen molar-refractivity contribution in [2.45, 2.75) is 38.2 Å². The monoisotopic (exact) mass is 622 g/mol. The van der Waals surface area contributed by atoms with Crippen LogP contribution in [0.5, 0.6) is 5.75 Å². The molecular formula is C32H37BrN3O5+. The molecule has 4 rings (SSSR count). The summed E-state index contributed by atoms with van der Waals surface area (Å²) in [6, 6.07) is 19.1. The van der Waals surface area contributed by atoms with Gasteiger partial charge in [-0.3, -0.25) is 14.9 Å². The van der Waals surface area contributed by atoms with Crippen LogP contribution in [-0.4, -0.2) is 63.2 Å². The molecule has 1 aliphatic heterocycles. The molecule has 0 bridgehead atoms. The number of benzene rings is 3. The summed E-state index contributed by atoms with van der Waals surface area (Å²) in [6.07, 6.45) is 3.42. The first-order valence-electron chi connectivity index (χ1n) is 13.8. The van der Waals surface area contributed by atoms with Crippen molar-refractivity contribution in [2.24, 2.45) is 0 Å². The molecule has 0 spiro atoms. The van der Waals surface area contributed by atoms with E-state index in [4.69, 9.17) is 9.47 Å². The zero-order chi connectivity index (χ0) is 29.4. The Morgan fingerprint density at radius 2 is 1.73 bits per heavy atom. The van der Waals surface area contributed by atoms with E-state index in [0.717, 1.165) is 47.1 Å². The van der Waals surface area contributed by atoms with Crippen molar-refractivity contribution in [3.8, 4) is 16.9 Å². The number of ether oxygens (including phenoxy) is 2. The molecule has 41 heavy (non-hydrogen) atoms. The minimum absolute atomic E-state index is 0.0855. The van der Waals surface area contributed by atoms with E-state index >= 15 is 0 Å². The second kappa shape index (κ2) is 13.8. The van der Waals surface area contributed by atoms with Crippen molar-refractivity contribution in [2.75, 3.05) is 44.9 Å². The Morgan fingerprint density at radius 3 is 2.41 bits per heavy atom. The number of halogens is 1. The van der Waals surface area contributed by atoms with Crippen LogP contribution in [0, 0.1) is 0 Å². The second-order valence-electron chi connectivity index (χ2n) is 11.0. The van der Waals surface area contributed by atoms with Crippen LogP contribution >= 0.6 is 15.9 Å². The number of hydrogen-bond acceptors (Lipinski definition) is 5. The molecule has 2 amide bonds. The lowest BCUT2D eigenvalue weighted by Gasteiger charge is -2.36. The van der Waals surface area contributed by atoms with Gasteiger partial charge in [0.15, 0.2) is 6.29 Å². The number of methoxy groups -OCH3 is 1. The highest BCUT2D eigenvalue weighted by atomic mass is 79.9. The van der Waals surface area contributed by atoms with Crippen LogP contribution < -0.4 is 15.4 Å². The number of amides is 2. The molecule has 1 aliphatic rings. The van der Waals surface area contributed by atoms with Crippen molar-refractivity contribution < 1.29 is 28.3 Å². The van der Waals surface area contributed by atoms with Gasteiger partial charge < -0.3 is 19.3 Å². The summed E-state index contributed by atoms with van der Waals surface area (Å²) in [5.41, 5.74) is 4.51. The molecule has 0 aromatic heterocycles. The van der Waals surface area contributed by atoms with Gasteiger partial charge in [0, 0.05) is 35.4 Å². The van der Waals surface area contributed by atoms with Gasteiger partial charge in [-0.25, -0.2) is 4.79 Å². The molecule has 0 atom stereocenters. The lowest BCUT2D eigenvalue weighted by molar-refractivity contribution is -0.896. The molecule has 9 heteroatoms. The van der Waals surface area contributed by atoms with E-state index in [9.17, 15) is 14.4 Å². The van der Waals surface area contributed by atoms with Crippen LogP contribution in [0.4, 0.5) is 16.2 Å². The molecule has 8 nitrogen and oxygen atoms in total. The average molecular weight is 624 g/mol. The zero-order valence-corrected chi connectivity index (χ0v) is 25.3. The number of nitrogens with zero attached hydrogens (tertiary/aromatic N) is 1.